The maximum atomic E-state index is 12.1. The maximum absolute atomic E-state index is 12.1. The van der Waals surface area contributed by atoms with Gasteiger partial charge in [-0.1, -0.05) is 84.0 Å². The van der Waals surface area contributed by atoms with Crippen LogP contribution in [0.15, 0.2) is 0 Å². The van der Waals surface area contributed by atoms with E-state index in [0.29, 0.717) is 6.42 Å². The third-order valence-electron chi connectivity index (χ3n) is 6.71. The van der Waals surface area contributed by atoms with Gasteiger partial charge >= 0.3 is 17.9 Å². The number of unbranched alkanes of at least 4 members (excludes halogenated alkanes) is 13. The molecule has 0 amide bonds. The number of aliphatic hydroxyl groups is 4. The summed E-state index contributed by atoms with van der Waals surface area (Å²) in [6.07, 6.45) is 9.06. The minimum absolute atomic E-state index is 0.0997. The SMILES string of the molecule is C1CO1.CCCCCCCCCCCCCCCC(=O)OC[C@H](OC(=O)CCCCC(=O)O)[C@@H](O)[C@H](O)[C@H](O)CO. The largest absolute Gasteiger partial charge is 0.481 e. The quantitative estimate of drug-likeness (QED) is 0.0561. The molecule has 0 saturated carbocycles. The van der Waals surface area contributed by atoms with Gasteiger partial charge in [-0.05, 0) is 19.3 Å². The highest BCUT2D eigenvalue weighted by Crippen LogP contribution is 2.15. The Bertz CT molecular complexity index is 654. The van der Waals surface area contributed by atoms with Crippen molar-refractivity contribution in [2.24, 2.45) is 0 Å². The molecule has 5 N–H and O–H groups in total. The number of epoxide rings is 1. The molecule has 242 valence electrons. The number of carbonyl (C=O) groups is 3. The van der Waals surface area contributed by atoms with Crippen LogP contribution in [0, 0.1) is 0 Å². The van der Waals surface area contributed by atoms with Crippen LogP contribution < -0.4 is 0 Å². The predicted octanol–water partition coefficient (Wildman–Crippen LogP) is 3.66. The lowest BCUT2D eigenvalue weighted by Crippen LogP contribution is -2.49. The highest BCUT2D eigenvalue weighted by molar-refractivity contribution is 5.70. The average Bonchev–Trinajstić information content (AvgIpc) is 3.84. The van der Waals surface area contributed by atoms with E-state index in [4.69, 9.17) is 19.7 Å². The Morgan fingerprint density at radius 1 is 0.683 bits per heavy atom. The van der Waals surface area contributed by atoms with Crippen LogP contribution in [-0.4, -0.2) is 94.3 Å². The van der Waals surface area contributed by atoms with Gasteiger partial charge in [-0.3, -0.25) is 14.4 Å². The third-order valence-corrected chi connectivity index (χ3v) is 6.71. The summed E-state index contributed by atoms with van der Waals surface area (Å²) in [6, 6.07) is 0. The first-order chi connectivity index (χ1) is 19.7. The molecule has 41 heavy (non-hydrogen) atoms. The van der Waals surface area contributed by atoms with Gasteiger partial charge in [0.15, 0.2) is 6.10 Å². The van der Waals surface area contributed by atoms with E-state index in [-0.39, 0.29) is 32.1 Å². The van der Waals surface area contributed by atoms with Crippen LogP contribution >= 0.6 is 0 Å². The van der Waals surface area contributed by atoms with Crippen molar-refractivity contribution < 1.29 is 54.1 Å². The van der Waals surface area contributed by atoms with E-state index in [1.807, 2.05) is 0 Å². The van der Waals surface area contributed by atoms with Crippen LogP contribution in [0.4, 0.5) is 0 Å². The highest BCUT2D eigenvalue weighted by Gasteiger charge is 2.34. The summed E-state index contributed by atoms with van der Waals surface area (Å²) in [7, 11) is 0. The number of carbonyl (C=O) groups excluding carboxylic acids is 2. The molecule has 11 nitrogen and oxygen atoms in total. The van der Waals surface area contributed by atoms with Gasteiger partial charge in [0.25, 0.3) is 0 Å². The Kier molecular flexibility index (Phi) is 25.9. The van der Waals surface area contributed by atoms with Crippen LogP contribution in [0.1, 0.15) is 122 Å². The fourth-order valence-electron chi connectivity index (χ4n) is 4.07. The van der Waals surface area contributed by atoms with E-state index in [9.17, 15) is 29.7 Å². The molecule has 1 aliphatic heterocycles. The predicted molar refractivity (Wildman–Crippen MR) is 153 cm³/mol. The zero-order chi connectivity index (χ0) is 30.7. The Balaban J connectivity index is 0.00000496. The summed E-state index contributed by atoms with van der Waals surface area (Å²) in [5.41, 5.74) is 0. The normalized spacial score (nSPS) is 15.1. The average molecular weight is 593 g/mol. The van der Waals surface area contributed by atoms with Gasteiger partial charge in [0.2, 0.25) is 0 Å². The number of esters is 2. The number of rotatable bonds is 26. The molecule has 1 rings (SSSR count). The van der Waals surface area contributed by atoms with Gasteiger partial charge in [-0.15, -0.1) is 0 Å². The summed E-state index contributed by atoms with van der Waals surface area (Å²) in [5, 5.41) is 47.6. The fourth-order valence-corrected chi connectivity index (χ4v) is 4.07. The van der Waals surface area contributed by atoms with Crippen molar-refractivity contribution >= 4 is 17.9 Å². The van der Waals surface area contributed by atoms with Crippen molar-refractivity contribution in [1.29, 1.82) is 0 Å². The number of aliphatic hydroxyl groups excluding tert-OH is 4. The molecule has 0 aliphatic carbocycles. The molecule has 11 heteroatoms. The molecule has 0 aromatic heterocycles. The van der Waals surface area contributed by atoms with E-state index in [1.165, 1.54) is 57.8 Å². The minimum Gasteiger partial charge on any atom is -0.481 e. The number of carboxylic acid groups (broad SMARTS) is 1. The summed E-state index contributed by atoms with van der Waals surface area (Å²) in [4.78, 5) is 34.8. The first-order valence-corrected chi connectivity index (χ1v) is 15.5. The Morgan fingerprint density at radius 2 is 1.12 bits per heavy atom. The zero-order valence-electron chi connectivity index (χ0n) is 25.1. The molecule has 0 radical (unpaired) electrons. The maximum Gasteiger partial charge on any atom is 0.306 e. The van der Waals surface area contributed by atoms with Gasteiger partial charge in [-0.2, -0.15) is 0 Å². The van der Waals surface area contributed by atoms with E-state index >= 15 is 0 Å². The van der Waals surface area contributed by atoms with Crippen molar-refractivity contribution in [3.05, 3.63) is 0 Å². The molecule has 1 fully saturated rings. The second kappa shape index (κ2) is 27.1. The van der Waals surface area contributed by atoms with E-state index < -0.39 is 55.5 Å². The summed E-state index contributed by atoms with van der Waals surface area (Å²) in [5.74, 6) is -2.28. The number of aliphatic carboxylic acids is 1. The molecule has 0 unspecified atom stereocenters. The van der Waals surface area contributed by atoms with Crippen molar-refractivity contribution in [2.75, 3.05) is 26.4 Å². The molecular weight excluding hydrogens is 536 g/mol. The molecule has 1 saturated heterocycles. The Labute approximate surface area is 245 Å². The second-order valence-corrected chi connectivity index (χ2v) is 10.6. The van der Waals surface area contributed by atoms with Gasteiger partial charge in [0, 0.05) is 19.3 Å². The Morgan fingerprint density at radius 3 is 1.59 bits per heavy atom. The standard InChI is InChI=1S/C28H52O10.C2H4O/c1-2-3-4-5-6-7-8-9-10-11-12-13-14-18-25(33)37-21-23(28(36)27(35)22(30)20-29)38-26(34)19-16-15-17-24(31)32;1-2-3-1/h22-23,27-30,35-36H,2-21H2,1H3,(H,31,32);1-2H2/t22-,23+,27-,28-;/m1./s1. The molecule has 0 aromatic rings. The van der Waals surface area contributed by atoms with Crippen LogP contribution in [-0.2, 0) is 28.6 Å². The van der Waals surface area contributed by atoms with Crippen molar-refractivity contribution in [1.82, 2.24) is 0 Å². The number of hydrogen-bond acceptors (Lipinski definition) is 10. The summed E-state index contributed by atoms with van der Waals surface area (Å²) >= 11 is 0. The molecule has 4 atom stereocenters. The lowest BCUT2D eigenvalue weighted by atomic mass is 10.0. The molecular formula is C30H56O11. The van der Waals surface area contributed by atoms with Gasteiger partial charge in [-0.25, -0.2) is 0 Å². The van der Waals surface area contributed by atoms with Crippen molar-refractivity contribution in [3.8, 4) is 0 Å². The number of hydrogen-bond donors (Lipinski definition) is 5. The van der Waals surface area contributed by atoms with Crippen LogP contribution in [0.25, 0.3) is 0 Å². The number of ether oxygens (including phenoxy) is 3. The van der Waals surface area contributed by atoms with Crippen LogP contribution in [0.3, 0.4) is 0 Å². The zero-order valence-corrected chi connectivity index (χ0v) is 25.1. The smallest absolute Gasteiger partial charge is 0.306 e. The molecule has 1 aliphatic rings. The highest BCUT2D eigenvalue weighted by atomic mass is 16.6. The lowest BCUT2D eigenvalue weighted by Gasteiger charge is -2.28. The van der Waals surface area contributed by atoms with E-state index in [1.54, 1.807) is 0 Å². The van der Waals surface area contributed by atoms with E-state index in [0.717, 1.165) is 32.5 Å². The van der Waals surface area contributed by atoms with Crippen LogP contribution in [0.5, 0.6) is 0 Å². The Hall–Kier alpha value is -1.79. The molecule has 1 heterocycles. The van der Waals surface area contributed by atoms with Crippen molar-refractivity contribution in [2.45, 2.75) is 147 Å². The van der Waals surface area contributed by atoms with Crippen molar-refractivity contribution in [3.63, 3.8) is 0 Å². The van der Waals surface area contributed by atoms with Gasteiger partial charge in [0.05, 0.1) is 19.8 Å². The van der Waals surface area contributed by atoms with Crippen LogP contribution in [0.2, 0.25) is 0 Å². The first kappa shape index (κ1) is 39.2. The third kappa shape index (κ3) is 25.6. The first-order valence-electron chi connectivity index (χ1n) is 15.5. The molecule has 0 aromatic carbocycles. The molecule has 0 spiro atoms. The second-order valence-electron chi connectivity index (χ2n) is 10.6. The minimum atomic E-state index is -1.83. The monoisotopic (exact) mass is 592 g/mol. The lowest BCUT2D eigenvalue weighted by molar-refractivity contribution is -0.178. The number of carboxylic acids is 1. The summed E-state index contributed by atoms with van der Waals surface area (Å²) < 4.78 is 14.8. The fraction of sp³-hybridized carbons (Fsp3) is 0.900. The summed E-state index contributed by atoms with van der Waals surface area (Å²) in [6.45, 7) is 2.88. The van der Waals surface area contributed by atoms with Gasteiger partial charge < -0.3 is 39.7 Å². The van der Waals surface area contributed by atoms with Gasteiger partial charge in [0.1, 0.15) is 24.9 Å². The molecule has 0 bridgehead atoms. The van der Waals surface area contributed by atoms with E-state index in [2.05, 4.69) is 11.7 Å². The topological polar surface area (TPSA) is 183 Å².